The predicted octanol–water partition coefficient (Wildman–Crippen LogP) is 2.34. The molecular formula is C14H17BrN4O. The Kier molecular flexibility index (Phi) is 4.92. The summed E-state index contributed by atoms with van der Waals surface area (Å²) < 4.78 is 6.17. The van der Waals surface area contributed by atoms with Crippen molar-refractivity contribution in [3.05, 3.63) is 46.3 Å². The van der Waals surface area contributed by atoms with E-state index in [1.54, 1.807) is 13.3 Å². The van der Waals surface area contributed by atoms with Crippen LogP contribution in [0.5, 0.6) is 5.75 Å². The van der Waals surface area contributed by atoms with Gasteiger partial charge in [-0.2, -0.15) is 0 Å². The van der Waals surface area contributed by atoms with Crippen LogP contribution in [-0.4, -0.2) is 24.1 Å². The van der Waals surface area contributed by atoms with Crippen molar-refractivity contribution in [2.45, 2.75) is 13.1 Å². The second-order valence-electron chi connectivity index (χ2n) is 4.36. The van der Waals surface area contributed by atoms with Crippen molar-refractivity contribution in [2.24, 2.45) is 5.73 Å². The van der Waals surface area contributed by atoms with Gasteiger partial charge < -0.3 is 15.4 Å². The fourth-order valence-electron chi connectivity index (χ4n) is 1.86. The minimum Gasteiger partial charge on any atom is -0.496 e. The van der Waals surface area contributed by atoms with E-state index in [0.717, 1.165) is 28.1 Å². The van der Waals surface area contributed by atoms with Crippen molar-refractivity contribution in [3.8, 4) is 5.75 Å². The lowest BCUT2D eigenvalue weighted by molar-refractivity contribution is 0.412. The average molecular weight is 337 g/mol. The van der Waals surface area contributed by atoms with Crippen molar-refractivity contribution in [3.63, 3.8) is 0 Å². The van der Waals surface area contributed by atoms with Crippen LogP contribution in [-0.2, 0) is 13.1 Å². The Balaban J connectivity index is 2.14. The highest BCUT2D eigenvalue weighted by Crippen LogP contribution is 2.26. The molecule has 20 heavy (non-hydrogen) atoms. The first-order valence-electron chi connectivity index (χ1n) is 6.19. The van der Waals surface area contributed by atoms with Gasteiger partial charge in [-0.05, 0) is 39.7 Å². The van der Waals surface area contributed by atoms with Gasteiger partial charge in [0.25, 0.3) is 0 Å². The van der Waals surface area contributed by atoms with Gasteiger partial charge in [-0.1, -0.05) is 6.07 Å². The molecule has 1 aromatic carbocycles. The molecule has 5 nitrogen and oxygen atoms in total. The van der Waals surface area contributed by atoms with Crippen LogP contribution >= 0.6 is 15.9 Å². The highest BCUT2D eigenvalue weighted by atomic mass is 79.9. The van der Waals surface area contributed by atoms with Gasteiger partial charge in [0, 0.05) is 19.8 Å². The van der Waals surface area contributed by atoms with Crippen LogP contribution < -0.4 is 15.4 Å². The lowest BCUT2D eigenvalue weighted by Crippen LogP contribution is -2.19. The van der Waals surface area contributed by atoms with E-state index in [9.17, 15) is 0 Å². The first-order valence-corrected chi connectivity index (χ1v) is 6.99. The van der Waals surface area contributed by atoms with Crippen molar-refractivity contribution in [2.75, 3.05) is 19.1 Å². The molecule has 0 aliphatic carbocycles. The zero-order valence-corrected chi connectivity index (χ0v) is 13.1. The topological polar surface area (TPSA) is 64.3 Å². The van der Waals surface area contributed by atoms with Crippen LogP contribution in [0.4, 0.5) is 5.82 Å². The van der Waals surface area contributed by atoms with Crippen LogP contribution in [0, 0.1) is 0 Å². The summed E-state index contributed by atoms with van der Waals surface area (Å²) in [6.45, 7) is 1.08. The number of nitrogens with two attached hydrogens (primary N) is 1. The Morgan fingerprint density at radius 3 is 2.80 bits per heavy atom. The monoisotopic (exact) mass is 336 g/mol. The minimum absolute atomic E-state index is 0.343. The Labute approximate surface area is 126 Å². The number of aromatic nitrogens is 2. The zero-order chi connectivity index (χ0) is 14.5. The van der Waals surface area contributed by atoms with E-state index in [4.69, 9.17) is 10.5 Å². The molecule has 0 amide bonds. The Hall–Kier alpha value is -1.66. The van der Waals surface area contributed by atoms with Gasteiger partial charge in [-0.15, -0.1) is 0 Å². The summed E-state index contributed by atoms with van der Waals surface area (Å²) in [4.78, 5) is 10.5. The maximum absolute atomic E-state index is 5.56. The highest BCUT2D eigenvalue weighted by Gasteiger charge is 2.07. The molecule has 0 bridgehead atoms. The Bertz CT molecular complexity index is 591. The molecule has 0 fully saturated rings. The third-order valence-electron chi connectivity index (χ3n) is 2.90. The maximum Gasteiger partial charge on any atom is 0.144 e. The number of halogens is 1. The molecule has 0 saturated carbocycles. The number of methoxy groups -OCH3 is 1. The summed E-state index contributed by atoms with van der Waals surface area (Å²) in [6.07, 6.45) is 1.73. The Morgan fingerprint density at radius 2 is 2.15 bits per heavy atom. The summed E-state index contributed by atoms with van der Waals surface area (Å²) in [6, 6.07) is 7.89. The van der Waals surface area contributed by atoms with E-state index in [1.807, 2.05) is 31.3 Å². The molecule has 0 unspecified atom stereocenters. The summed E-state index contributed by atoms with van der Waals surface area (Å²) in [5, 5.41) is 0. The number of anilines is 1. The average Bonchev–Trinajstić information content (AvgIpc) is 2.47. The molecule has 0 saturated heterocycles. The molecule has 0 aliphatic rings. The minimum atomic E-state index is 0.343. The molecule has 106 valence electrons. The van der Waals surface area contributed by atoms with E-state index in [-0.39, 0.29) is 0 Å². The second-order valence-corrected chi connectivity index (χ2v) is 5.21. The number of ether oxygens (including phenoxy) is 1. The van der Waals surface area contributed by atoms with Crippen LogP contribution in [0.15, 0.2) is 34.9 Å². The van der Waals surface area contributed by atoms with Crippen molar-refractivity contribution >= 4 is 21.7 Å². The summed E-state index contributed by atoms with van der Waals surface area (Å²) in [5.41, 5.74) is 6.72. The molecule has 0 spiro atoms. The molecule has 0 radical (unpaired) electrons. The smallest absolute Gasteiger partial charge is 0.144 e. The fraction of sp³-hybridized carbons (Fsp3) is 0.286. The quantitative estimate of drug-likeness (QED) is 0.907. The lowest BCUT2D eigenvalue weighted by atomic mass is 10.2. The van der Waals surface area contributed by atoms with Gasteiger partial charge >= 0.3 is 0 Å². The number of benzene rings is 1. The SMILES string of the molecule is COc1ccc(CN(C)c2ccnc(CN)n2)cc1Br. The van der Waals surface area contributed by atoms with Crippen molar-refractivity contribution < 1.29 is 4.74 Å². The summed E-state index contributed by atoms with van der Waals surface area (Å²) in [5.74, 6) is 2.32. The predicted molar refractivity (Wildman–Crippen MR) is 82.7 cm³/mol. The van der Waals surface area contributed by atoms with Crippen molar-refractivity contribution in [1.82, 2.24) is 9.97 Å². The molecular weight excluding hydrogens is 320 g/mol. The molecule has 1 aromatic heterocycles. The molecule has 1 heterocycles. The lowest BCUT2D eigenvalue weighted by Gasteiger charge is -2.19. The van der Waals surface area contributed by atoms with Crippen LogP contribution in [0.1, 0.15) is 11.4 Å². The van der Waals surface area contributed by atoms with Crippen LogP contribution in [0.25, 0.3) is 0 Å². The number of nitrogens with zero attached hydrogens (tertiary/aromatic N) is 3. The molecule has 0 atom stereocenters. The summed E-state index contributed by atoms with van der Waals surface area (Å²) >= 11 is 3.49. The van der Waals surface area contributed by atoms with Crippen LogP contribution in [0.3, 0.4) is 0 Å². The maximum atomic E-state index is 5.56. The molecule has 6 heteroatoms. The van der Waals surface area contributed by atoms with Crippen molar-refractivity contribution in [1.29, 1.82) is 0 Å². The summed E-state index contributed by atoms with van der Waals surface area (Å²) in [7, 11) is 3.64. The second kappa shape index (κ2) is 6.67. The van der Waals surface area contributed by atoms with Gasteiger partial charge in [0.05, 0.1) is 18.1 Å². The van der Waals surface area contributed by atoms with Gasteiger partial charge in [0.1, 0.15) is 17.4 Å². The molecule has 0 aliphatic heterocycles. The first kappa shape index (κ1) is 14.7. The van der Waals surface area contributed by atoms with Crippen LogP contribution in [0.2, 0.25) is 0 Å². The normalized spacial score (nSPS) is 10.4. The van der Waals surface area contributed by atoms with E-state index >= 15 is 0 Å². The number of hydrogen-bond donors (Lipinski definition) is 1. The van der Waals surface area contributed by atoms with Gasteiger partial charge in [-0.25, -0.2) is 9.97 Å². The molecule has 2 N–H and O–H groups in total. The largest absolute Gasteiger partial charge is 0.496 e. The van der Waals surface area contributed by atoms with E-state index in [1.165, 1.54) is 0 Å². The highest BCUT2D eigenvalue weighted by molar-refractivity contribution is 9.10. The third-order valence-corrected chi connectivity index (χ3v) is 3.52. The standard InChI is InChI=1S/C14H17BrN4O/c1-19(14-5-6-17-13(8-16)18-14)9-10-3-4-12(20-2)11(15)7-10/h3-7H,8-9,16H2,1-2H3. The zero-order valence-electron chi connectivity index (χ0n) is 11.5. The number of rotatable bonds is 5. The number of hydrogen-bond acceptors (Lipinski definition) is 5. The van der Waals surface area contributed by atoms with E-state index in [2.05, 4.69) is 30.8 Å². The first-order chi connectivity index (χ1) is 9.63. The van der Waals surface area contributed by atoms with E-state index in [0.29, 0.717) is 12.4 Å². The molecule has 2 aromatic rings. The fourth-order valence-corrected chi connectivity index (χ4v) is 2.45. The van der Waals surface area contributed by atoms with Gasteiger partial charge in [0.2, 0.25) is 0 Å². The van der Waals surface area contributed by atoms with E-state index < -0.39 is 0 Å². The van der Waals surface area contributed by atoms with Gasteiger partial charge in [0.15, 0.2) is 0 Å². The third kappa shape index (κ3) is 3.46. The van der Waals surface area contributed by atoms with Gasteiger partial charge in [-0.3, -0.25) is 0 Å². The Morgan fingerprint density at radius 1 is 1.35 bits per heavy atom. The molecule has 2 rings (SSSR count).